The number of aliphatic imine (C=N–C) groups is 1. The van der Waals surface area contributed by atoms with Crippen molar-refractivity contribution in [3.63, 3.8) is 0 Å². The van der Waals surface area contributed by atoms with Crippen molar-refractivity contribution in [1.29, 1.82) is 0 Å². The van der Waals surface area contributed by atoms with Gasteiger partial charge in [0.25, 0.3) is 0 Å². The van der Waals surface area contributed by atoms with Crippen molar-refractivity contribution < 1.29 is 28.4 Å². The van der Waals surface area contributed by atoms with Gasteiger partial charge in [-0.1, -0.05) is 60.7 Å². The van der Waals surface area contributed by atoms with E-state index < -0.39 is 0 Å². The number of nitrogens with one attached hydrogen (secondary N) is 2. The van der Waals surface area contributed by atoms with Gasteiger partial charge in [0.1, 0.15) is 24.7 Å². The topological polar surface area (TPSA) is 95.0 Å². The lowest BCUT2D eigenvalue weighted by molar-refractivity contribution is 0.0169. The quantitative estimate of drug-likeness (QED) is 0.102. The molecule has 270 valence electrons. The van der Waals surface area contributed by atoms with Crippen LogP contribution in [0.2, 0.25) is 0 Å². The first-order valence-corrected chi connectivity index (χ1v) is 17.9. The van der Waals surface area contributed by atoms with E-state index in [4.69, 9.17) is 33.4 Å². The highest BCUT2D eigenvalue weighted by Crippen LogP contribution is 2.33. The highest BCUT2D eigenvalue weighted by atomic mass is 16.6. The van der Waals surface area contributed by atoms with Gasteiger partial charge in [0.2, 0.25) is 0 Å². The number of hydrogen-bond acceptors (Lipinski definition) is 8. The summed E-state index contributed by atoms with van der Waals surface area (Å²) in [7, 11) is 3.32. The Morgan fingerprint density at radius 1 is 0.731 bits per heavy atom. The number of benzene rings is 5. The maximum absolute atomic E-state index is 6.39. The zero-order valence-corrected chi connectivity index (χ0v) is 29.8. The Balaban J connectivity index is 1.10. The van der Waals surface area contributed by atoms with Crippen molar-refractivity contribution in [2.24, 2.45) is 4.99 Å². The minimum absolute atomic E-state index is 0.0472. The molecular formula is C42H46N4O6. The zero-order valence-electron chi connectivity index (χ0n) is 29.8. The number of methoxy groups -OCH3 is 2. The molecule has 0 spiro atoms. The summed E-state index contributed by atoms with van der Waals surface area (Å²) < 4.78 is 34.8. The number of hydrogen-bond donors (Lipinski definition) is 2. The fourth-order valence-electron chi connectivity index (χ4n) is 6.63. The molecule has 10 heteroatoms. The Hall–Kier alpha value is -5.45. The molecule has 0 radical (unpaired) electrons. The highest BCUT2D eigenvalue weighted by molar-refractivity contribution is 5.88. The van der Waals surface area contributed by atoms with Crippen LogP contribution in [0, 0.1) is 0 Å². The molecular weight excluding hydrogens is 656 g/mol. The Morgan fingerprint density at radius 3 is 2.40 bits per heavy atom. The fraction of sp³-hybridized carbons (Fsp3) is 0.310. The second-order valence-electron chi connectivity index (χ2n) is 12.7. The van der Waals surface area contributed by atoms with E-state index in [1.807, 2.05) is 48.5 Å². The molecule has 1 saturated heterocycles. The first-order valence-electron chi connectivity index (χ1n) is 17.9. The van der Waals surface area contributed by atoms with E-state index in [-0.39, 0.29) is 6.04 Å². The van der Waals surface area contributed by atoms with Crippen LogP contribution >= 0.6 is 0 Å². The molecule has 2 aliphatic rings. The van der Waals surface area contributed by atoms with Crippen LogP contribution in [0.15, 0.2) is 108 Å². The van der Waals surface area contributed by atoms with Crippen LogP contribution in [-0.4, -0.2) is 77.7 Å². The van der Waals surface area contributed by atoms with E-state index >= 15 is 0 Å². The molecule has 2 N–H and O–H groups in total. The molecule has 2 heterocycles. The summed E-state index contributed by atoms with van der Waals surface area (Å²) in [4.78, 5) is 7.51. The van der Waals surface area contributed by atoms with Gasteiger partial charge >= 0.3 is 0 Å². The van der Waals surface area contributed by atoms with Gasteiger partial charge in [-0.15, -0.1) is 0 Å². The zero-order chi connectivity index (χ0) is 35.5. The van der Waals surface area contributed by atoms with Crippen molar-refractivity contribution in [2.45, 2.75) is 19.0 Å². The molecule has 0 bridgehead atoms. The van der Waals surface area contributed by atoms with Crippen LogP contribution in [0.1, 0.15) is 22.7 Å². The lowest BCUT2D eigenvalue weighted by atomic mass is 10.0. The van der Waals surface area contributed by atoms with E-state index in [1.165, 1.54) is 0 Å². The standard InChI is InChI=1S/C42H46N4O6/c1-47-38-16-14-33(27-40(38)48-2)36(46-19-21-49-22-20-46)29-45-42(43-18-17-30-13-15-39-41(26-30)51-24-23-50-39)44-28-31-7-5-10-34(25-31)52-37-12-6-9-32-8-3-4-11-35(32)37/h3-16,25-27,36H,17-24,28-29H2,1-2H3,(H2,43,44,45). The predicted octanol–water partition coefficient (Wildman–Crippen LogP) is 6.77. The molecule has 5 aromatic carbocycles. The summed E-state index contributed by atoms with van der Waals surface area (Å²) in [6.07, 6.45) is 0.786. The van der Waals surface area contributed by atoms with E-state index in [2.05, 4.69) is 70.1 Å². The molecule has 0 aromatic heterocycles. The summed E-state index contributed by atoms with van der Waals surface area (Å²) in [6.45, 7) is 5.93. The van der Waals surface area contributed by atoms with E-state index in [0.29, 0.717) is 57.6 Å². The number of ether oxygens (including phenoxy) is 6. The van der Waals surface area contributed by atoms with Crippen LogP contribution in [0.25, 0.3) is 10.8 Å². The number of morpholine rings is 1. The van der Waals surface area contributed by atoms with Gasteiger partial charge in [0.05, 0.1) is 40.0 Å². The van der Waals surface area contributed by atoms with E-state index in [0.717, 1.165) is 75.9 Å². The summed E-state index contributed by atoms with van der Waals surface area (Å²) in [6, 6.07) is 34.8. The minimum Gasteiger partial charge on any atom is -0.493 e. The maximum atomic E-state index is 6.39. The first kappa shape index (κ1) is 35.0. The Labute approximate surface area is 305 Å². The molecule has 2 aliphatic heterocycles. The van der Waals surface area contributed by atoms with Crippen LogP contribution < -0.4 is 34.3 Å². The molecule has 0 saturated carbocycles. The normalized spacial score (nSPS) is 15.2. The van der Waals surface area contributed by atoms with Gasteiger partial charge in [0.15, 0.2) is 29.0 Å². The Kier molecular flexibility index (Phi) is 11.6. The van der Waals surface area contributed by atoms with Crippen molar-refractivity contribution in [2.75, 3.05) is 66.8 Å². The molecule has 7 rings (SSSR count). The number of nitrogens with zero attached hydrogens (tertiary/aromatic N) is 2. The van der Waals surface area contributed by atoms with Gasteiger partial charge in [-0.25, -0.2) is 4.99 Å². The highest BCUT2D eigenvalue weighted by Gasteiger charge is 2.24. The van der Waals surface area contributed by atoms with Gasteiger partial charge in [0, 0.05) is 31.6 Å². The van der Waals surface area contributed by atoms with Crippen molar-refractivity contribution >= 4 is 16.7 Å². The predicted molar refractivity (Wildman–Crippen MR) is 203 cm³/mol. The van der Waals surface area contributed by atoms with Crippen molar-refractivity contribution in [3.05, 3.63) is 120 Å². The van der Waals surface area contributed by atoms with Crippen LogP contribution in [0.4, 0.5) is 0 Å². The molecule has 1 atom stereocenters. The summed E-state index contributed by atoms with van der Waals surface area (Å²) in [5.41, 5.74) is 3.32. The number of guanidine groups is 1. The molecule has 10 nitrogen and oxygen atoms in total. The van der Waals surface area contributed by atoms with Gasteiger partial charge in [-0.05, 0) is 71.0 Å². The second-order valence-corrected chi connectivity index (χ2v) is 12.7. The monoisotopic (exact) mass is 702 g/mol. The molecule has 1 fully saturated rings. The fourth-order valence-corrected chi connectivity index (χ4v) is 6.63. The van der Waals surface area contributed by atoms with Crippen molar-refractivity contribution in [1.82, 2.24) is 15.5 Å². The molecule has 5 aromatic rings. The third-order valence-electron chi connectivity index (χ3n) is 9.35. The van der Waals surface area contributed by atoms with Crippen molar-refractivity contribution in [3.8, 4) is 34.5 Å². The van der Waals surface area contributed by atoms with Crippen LogP contribution in [0.5, 0.6) is 34.5 Å². The smallest absolute Gasteiger partial charge is 0.191 e. The third-order valence-corrected chi connectivity index (χ3v) is 9.35. The van der Waals surface area contributed by atoms with Crippen LogP contribution in [-0.2, 0) is 17.7 Å². The average molecular weight is 703 g/mol. The molecule has 1 unspecified atom stereocenters. The Bertz CT molecular complexity index is 1970. The average Bonchev–Trinajstić information content (AvgIpc) is 3.20. The molecule has 0 aliphatic carbocycles. The molecule has 52 heavy (non-hydrogen) atoms. The van der Waals surface area contributed by atoms with Gasteiger partial charge in [-0.3, -0.25) is 4.90 Å². The maximum Gasteiger partial charge on any atom is 0.191 e. The third kappa shape index (κ3) is 8.70. The summed E-state index contributed by atoms with van der Waals surface area (Å²) in [5, 5.41) is 9.48. The van der Waals surface area contributed by atoms with Gasteiger partial charge < -0.3 is 39.1 Å². The molecule has 0 amide bonds. The van der Waals surface area contributed by atoms with Crippen LogP contribution in [0.3, 0.4) is 0 Å². The SMILES string of the molecule is COc1ccc(C(CNC(=NCc2cccc(Oc3cccc4ccccc34)c2)NCCc2ccc3c(c2)OCCO3)N2CCOCC2)cc1OC. The lowest BCUT2D eigenvalue weighted by Crippen LogP contribution is -2.46. The number of rotatable bonds is 13. The summed E-state index contributed by atoms with van der Waals surface area (Å²) >= 11 is 0. The lowest BCUT2D eigenvalue weighted by Gasteiger charge is -2.35. The van der Waals surface area contributed by atoms with Gasteiger partial charge in [-0.2, -0.15) is 0 Å². The largest absolute Gasteiger partial charge is 0.493 e. The van der Waals surface area contributed by atoms with E-state index in [9.17, 15) is 0 Å². The second kappa shape index (κ2) is 17.2. The van der Waals surface area contributed by atoms with E-state index in [1.54, 1.807) is 14.2 Å². The summed E-state index contributed by atoms with van der Waals surface area (Å²) in [5.74, 6) is 5.31. The number of fused-ring (bicyclic) bond motifs is 2. The first-order chi connectivity index (χ1) is 25.7. The Morgan fingerprint density at radius 2 is 1.54 bits per heavy atom. The minimum atomic E-state index is 0.0472.